The van der Waals surface area contributed by atoms with Gasteiger partial charge in [-0.15, -0.1) is 24.8 Å². The SMILES string of the molecule is Cl.Cl.Oc1ccc2c(c1)Sc1ccccc1C(N1CCNCC1)=N2. The summed E-state index contributed by atoms with van der Waals surface area (Å²) in [5.74, 6) is 1.32. The summed E-state index contributed by atoms with van der Waals surface area (Å²) in [7, 11) is 0. The van der Waals surface area contributed by atoms with Gasteiger partial charge in [-0.1, -0.05) is 30.0 Å². The van der Waals surface area contributed by atoms with E-state index in [9.17, 15) is 5.11 Å². The van der Waals surface area contributed by atoms with E-state index in [0.29, 0.717) is 0 Å². The van der Waals surface area contributed by atoms with Gasteiger partial charge in [-0.25, -0.2) is 4.99 Å². The van der Waals surface area contributed by atoms with Crippen LogP contribution in [0.5, 0.6) is 5.75 Å². The van der Waals surface area contributed by atoms with Gasteiger partial charge in [0, 0.05) is 41.5 Å². The van der Waals surface area contributed by atoms with Gasteiger partial charge in [-0.05, 0) is 24.3 Å². The Bertz CT molecular complexity index is 748. The van der Waals surface area contributed by atoms with Gasteiger partial charge in [0.25, 0.3) is 0 Å². The van der Waals surface area contributed by atoms with Gasteiger partial charge < -0.3 is 15.3 Å². The fourth-order valence-electron chi connectivity index (χ4n) is 2.83. The van der Waals surface area contributed by atoms with Crippen molar-refractivity contribution in [3.63, 3.8) is 0 Å². The molecule has 0 aromatic heterocycles. The van der Waals surface area contributed by atoms with Crippen LogP contribution in [0.25, 0.3) is 0 Å². The number of aliphatic imine (C=N–C) groups is 1. The fourth-order valence-corrected chi connectivity index (χ4v) is 3.88. The molecule has 2 aliphatic heterocycles. The van der Waals surface area contributed by atoms with Crippen LogP contribution in [-0.2, 0) is 0 Å². The lowest BCUT2D eigenvalue weighted by Crippen LogP contribution is -2.46. The summed E-state index contributed by atoms with van der Waals surface area (Å²) >= 11 is 1.67. The van der Waals surface area contributed by atoms with E-state index < -0.39 is 0 Å². The lowest BCUT2D eigenvalue weighted by Gasteiger charge is -2.30. The first kappa shape index (κ1) is 18.9. The molecule has 24 heavy (non-hydrogen) atoms. The molecule has 2 aliphatic rings. The number of nitrogens with one attached hydrogen (secondary N) is 1. The Morgan fingerprint density at radius 3 is 2.54 bits per heavy atom. The molecule has 0 atom stereocenters. The van der Waals surface area contributed by atoms with Crippen molar-refractivity contribution in [3.05, 3.63) is 48.0 Å². The van der Waals surface area contributed by atoms with Crippen LogP contribution in [0.4, 0.5) is 5.69 Å². The summed E-state index contributed by atoms with van der Waals surface area (Å²) < 4.78 is 0. The quantitative estimate of drug-likeness (QED) is 0.728. The molecule has 0 aliphatic carbocycles. The third kappa shape index (κ3) is 3.64. The standard InChI is InChI=1S/C17H17N3OS.2ClH/c21-12-5-6-14-16(11-12)22-15-4-2-1-3-13(15)17(19-14)20-9-7-18-8-10-20;;/h1-6,11,18,21H,7-10H2;2*1H. The van der Waals surface area contributed by atoms with Crippen molar-refractivity contribution in [3.8, 4) is 5.75 Å². The normalized spacial score (nSPS) is 15.8. The second-order valence-corrected chi connectivity index (χ2v) is 6.51. The van der Waals surface area contributed by atoms with Gasteiger partial charge in [0.15, 0.2) is 0 Å². The maximum Gasteiger partial charge on any atom is 0.137 e. The molecule has 1 fully saturated rings. The number of phenols is 1. The number of amidine groups is 1. The second-order valence-electron chi connectivity index (χ2n) is 5.42. The first-order chi connectivity index (χ1) is 10.8. The summed E-state index contributed by atoms with van der Waals surface area (Å²) in [5, 5.41) is 13.1. The van der Waals surface area contributed by atoms with Crippen LogP contribution in [0.2, 0.25) is 0 Å². The molecule has 0 radical (unpaired) electrons. The van der Waals surface area contributed by atoms with Gasteiger partial charge >= 0.3 is 0 Å². The number of piperazine rings is 1. The minimum atomic E-state index is 0. The van der Waals surface area contributed by atoms with Crippen molar-refractivity contribution in [1.82, 2.24) is 10.2 Å². The number of hydrogen-bond acceptors (Lipinski definition) is 5. The second kappa shape index (κ2) is 8.12. The molecular weight excluding hydrogens is 365 g/mol. The highest BCUT2D eigenvalue weighted by molar-refractivity contribution is 7.99. The molecule has 4 nitrogen and oxygen atoms in total. The van der Waals surface area contributed by atoms with E-state index in [1.165, 1.54) is 10.5 Å². The number of hydrogen-bond donors (Lipinski definition) is 2. The van der Waals surface area contributed by atoms with E-state index in [2.05, 4.69) is 34.5 Å². The first-order valence-electron chi connectivity index (χ1n) is 7.46. The Kier molecular flexibility index (Phi) is 6.40. The number of nitrogens with zero attached hydrogens (tertiary/aromatic N) is 2. The number of fused-ring (bicyclic) bond motifs is 2. The van der Waals surface area contributed by atoms with Crippen molar-refractivity contribution < 1.29 is 5.11 Å². The van der Waals surface area contributed by atoms with E-state index in [1.807, 2.05) is 6.07 Å². The number of rotatable bonds is 0. The molecular formula is C17H19Cl2N3OS. The van der Waals surface area contributed by atoms with Crippen LogP contribution in [0.3, 0.4) is 0 Å². The van der Waals surface area contributed by atoms with Crippen molar-refractivity contribution in [2.24, 2.45) is 4.99 Å². The molecule has 2 aromatic carbocycles. The predicted molar refractivity (Wildman–Crippen MR) is 104 cm³/mol. The Morgan fingerprint density at radius 1 is 1.00 bits per heavy atom. The summed E-state index contributed by atoms with van der Waals surface area (Å²) in [6.45, 7) is 3.89. The third-order valence-electron chi connectivity index (χ3n) is 3.93. The molecule has 2 heterocycles. The van der Waals surface area contributed by atoms with Crippen LogP contribution >= 0.6 is 36.6 Å². The van der Waals surface area contributed by atoms with Gasteiger partial charge in [0.1, 0.15) is 11.6 Å². The number of phenolic OH excluding ortho intramolecular Hbond substituents is 1. The highest BCUT2D eigenvalue weighted by Gasteiger charge is 2.22. The Hall–Kier alpha value is -1.40. The van der Waals surface area contributed by atoms with E-state index in [-0.39, 0.29) is 30.6 Å². The maximum atomic E-state index is 9.76. The topological polar surface area (TPSA) is 47.9 Å². The van der Waals surface area contributed by atoms with Gasteiger partial charge in [-0.3, -0.25) is 0 Å². The minimum absolute atomic E-state index is 0. The van der Waals surface area contributed by atoms with Crippen LogP contribution in [0, 0.1) is 0 Å². The molecule has 2 N–H and O–H groups in total. The molecule has 7 heteroatoms. The molecule has 0 bridgehead atoms. The Labute approximate surface area is 158 Å². The fraction of sp³-hybridized carbons (Fsp3) is 0.235. The third-order valence-corrected chi connectivity index (χ3v) is 5.06. The number of halogens is 2. The smallest absolute Gasteiger partial charge is 0.137 e. The van der Waals surface area contributed by atoms with Crippen LogP contribution in [0.1, 0.15) is 5.56 Å². The molecule has 2 aromatic rings. The van der Waals surface area contributed by atoms with Crippen molar-refractivity contribution in [1.29, 1.82) is 0 Å². The zero-order chi connectivity index (χ0) is 14.9. The van der Waals surface area contributed by atoms with E-state index >= 15 is 0 Å². The zero-order valence-corrected chi connectivity index (χ0v) is 15.4. The zero-order valence-electron chi connectivity index (χ0n) is 12.9. The van der Waals surface area contributed by atoms with Crippen molar-refractivity contribution in [2.45, 2.75) is 9.79 Å². The Morgan fingerprint density at radius 2 is 1.75 bits per heavy atom. The highest BCUT2D eigenvalue weighted by atomic mass is 35.5. The maximum absolute atomic E-state index is 9.76. The molecule has 4 rings (SSSR count). The monoisotopic (exact) mass is 383 g/mol. The van der Waals surface area contributed by atoms with Crippen LogP contribution < -0.4 is 5.32 Å². The minimum Gasteiger partial charge on any atom is -0.508 e. The summed E-state index contributed by atoms with van der Waals surface area (Å²) in [6, 6.07) is 13.8. The lowest BCUT2D eigenvalue weighted by atomic mass is 10.1. The van der Waals surface area contributed by atoms with Crippen LogP contribution in [0.15, 0.2) is 57.2 Å². The van der Waals surface area contributed by atoms with Gasteiger partial charge in [0.05, 0.1) is 5.69 Å². The Balaban J connectivity index is 0.00000104. The molecule has 1 saturated heterocycles. The molecule has 0 spiro atoms. The molecule has 0 unspecified atom stereocenters. The highest BCUT2D eigenvalue weighted by Crippen LogP contribution is 2.42. The average Bonchev–Trinajstić information content (AvgIpc) is 2.72. The summed E-state index contributed by atoms with van der Waals surface area (Å²) in [6.07, 6.45) is 0. The van der Waals surface area contributed by atoms with Crippen molar-refractivity contribution in [2.75, 3.05) is 26.2 Å². The molecule has 0 saturated carbocycles. The lowest BCUT2D eigenvalue weighted by molar-refractivity contribution is 0.358. The van der Waals surface area contributed by atoms with Gasteiger partial charge in [-0.2, -0.15) is 0 Å². The predicted octanol–water partition coefficient (Wildman–Crippen LogP) is 3.68. The van der Waals surface area contributed by atoms with Crippen molar-refractivity contribution >= 4 is 48.1 Å². The van der Waals surface area contributed by atoms with E-state index in [0.717, 1.165) is 42.6 Å². The van der Waals surface area contributed by atoms with E-state index in [1.54, 1.807) is 23.9 Å². The van der Waals surface area contributed by atoms with Gasteiger partial charge in [0.2, 0.25) is 0 Å². The molecule has 128 valence electrons. The summed E-state index contributed by atoms with van der Waals surface area (Å²) in [4.78, 5) is 9.46. The number of benzene rings is 2. The average molecular weight is 384 g/mol. The van der Waals surface area contributed by atoms with E-state index in [4.69, 9.17) is 4.99 Å². The first-order valence-corrected chi connectivity index (χ1v) is 8.27. The molecule has 0 amide bonds. The largest absolute Gasteiger partial charge is 0.508 e. The number of aromatic hydroxyl groups is 1. The summed E-state index contributed by atoms with van der Waals surface area (Å²) in [5.41, 5.74) is 2.10. The van der Waals surface area contributed by atoms with Crippen LogP contribution in [-0.4, -0.2) is 42.0 Å².